The number of hydrogen-bond donors (Lipinski definition) is 1. The van der Waals surface area contributed by atoms with E-state index in [4.69, 9.17) is 4.74 Å². The number of nitro benzene ring substituents is 1. The summed E-state index contributed by atoms with van der Waals surface area (Å²) in [6.45, 7) is 1.43. The molecular formula is C17H16N4O7. The Kier molecular flexibility index (Phi) is 5.18. The van der Waals surface area contributed by atoms with Crippen LogP contribution in [0.4, 0.5) is 5.69 Å². The van der Waals surface area contributed by atoms with Crippen molar-refractivity contribution in [3.8, 4) is 5.69 Å². The molecule has 0 bridgehead atoms. The number of hydrogen-bond acceptors (Lipinski definition) is 7. The molecule has 3 rings (SSSR count). The predicted molar refractivity (Wildman–Crippen MR) is 94.5 cm³/mol. The molecule has 2 heterocycles. The van der Waals surface area contributed by atoms with Gasteiger partial charge in [-0.3, -0.25) is 19.7 Å². The summed E-state index contributed by atoms with van der Waals surface area (Å²) in [7, 11) is 0. The fourth-order valence-corrected chi connectivity index (χ4v) is 2.92. The van der Waals surface area contributed by atoms with Crippen LogP contribution in [-0.2, 0) is 9.53 Å². The minimum absolute atomic E-state index is 0.0176. The molecule has 11 nitrogen and oxygen atoms in total. The Morgan fingerprint density at radius 3 is 2.75 bits per heavy atom. The molecule has 1 amide bonds. The van der Waals surface area contributed by atoms with E-state index in [1.54, 1.807) is 6.07 Å². The topological polar surface area (TPSA) is 145 Å². The van der Waals surface area contributed by atoms with Gasteiger partial charge in [0.2, 0.25) is 5.43 Å². The van der Waals surface area contributed by atoms with Crippen LogP contribution in [0.2, 0.25) is 0 Å². The molecule has 1 atom stereocenters. The number of amides is 1. The average Bonchev–Trinajstić information content (AvgIpc) is 2.67. The van der Waals surface area contributed by atoms with Crippen LogP contribution in [0.3, 0.4) is 0 Å². The van der Waals surface area contributed by atoms with Gasteiger partial charge in [-0.2, -0.15) is 5.10 Å². The highest BCUT2D eigenvalue weighted by Crippen LogP contribution is 2.22. The maximum atomic E-state index is 12.8. The lowest BCUT2D eigenvalue weighted by Gasteiger charge is -2.32. The molecule has 1 aliphatic heterocycles. The zero-order valence-corrected chi connectivity index (χ0v) is 14.8. The quantitative estimate of drug-likeness (QED) is 0.584. The second-order valence-electron chi connectivity index (χ2n) is 6.08. The van der Waals surface area contributed by atoms with Crippen molar-refractivity contribution in [2.45, 2.75) is 13.0 Å². The van der Waals surface area contributed by atoms with E-state index >= 15 is 0 Å². The first-order valence-corrected chi connectivity index (χ1v) is 8.27. The van der Waals surface area contributed by atoms with E-state index in [1.165, 1.54) is 25.1 Å². The largest absolute Gasteiger partial charge is 0.480 e. The second kappa shape index (κ2) is 7.56. The maximum Gasteiger partial charge on any atom is 0.328 e. The van der Waals surface area contributed by atoms with E-state index in [1.807, 2.05) is 0 Å². The summed E-state index contributed by atoms with van der Waals surface area (Å²) >= 11 is 0. The number of carboxylic acids is 1. The van der Waals surface area contributed by atoms with Gasteiger partial charge in [-0.05, 0) is 13.0 Å². The van der Waals surface area contributed by atoms with Gasteiger partial charge >= 0.3 is 5.97 Å². The Morgan fingerprint density at radius 2 is 2.07 bits per heavy atom. The van der Waals surface area contributed by atoms with Gasteiger partial charge in [-0.1, -0.05) is 12.1 Å². The molecule has 0 spiro atoms. The molecule has 0 radical (unpaired) electrons. The molecule has 0 saturated carbocycles. The van der Waals surface area contributed by atoms with Gasteiger partial charge < -0.3 is 14.7 Å². The monoisotopic (exact) mass is 388 g/mol. The van der Waals surface area contributed by atoms with Crippen molar-refractivity contribution in [2.24, 2.45) is 0 Å². The van der Waals surface area contributed by atoms with Crippen molar-refractivity contribution in [3.05, 3.63) is 62.1 Å². The van der Waals surface area contributed by atoms with Crippen LogP contribution >= 0.6 is 0 Å². The number of aryl methyl sites for hydroxylation is 1. The Labute approximate surface area is 157 Å². The molecule has 1 aliphatic rings. The summed E-state index contributed by atoms with van der Waals surface area (Å²) in [6, 6.07) is 5.64. The molecule has 1 aromatic heterocycles. The van der Waals surface area contributed by atoms with Crippen molar-refractivity contribution in [1.82, 2.24) is 14.7 Å². The minimum atomic E-state index is -1.26. The number of carbonyl (C=O) groups excluding carboxylic acids is 1. The number of aliphatic carboxylic acids is 1. The van der Waals surface area contributed by atoms with Gasteiger partial charge in [0.25, 0.3) is 11.6 Å². The number of nitrogens with zero attached hydrogens (tertiary/aromatic N) is 4. The summed E-state index contributed by atoms with van der Waals surface area (Å²) in [5.41, 5.74) is -1.11. The number of morpholine rings is 1. The predicted octanol–water partition coefficient (Wildman–Crippen LogP) is 0.375. The van der Waals surface area contributed by atoms with Crippen LogP contribution in [0.15, 0.2) is 35.1 Å². The zero-order chi connectivity index (χ0) is 20.4. The number of nitro groups is 1. The third-order valence-corrected chi connectivity index (χ3v) is 4.29. The van der Waals surface area contributed by atoms with Gasteiger partial charge in [0, 0.05) is 24.4 Å². The molecule has 2 aromatic rings. The van der Waals surface area contributed by atoms with Crippen LogP contribution < -0.4 is 5.43 Å². The molecule has 1 aromatic carbocycles. The van der Waals surface area contributed by atoms with Gasteiger partial charge in [0.05, 0.1) is 18.1 Å². The molecular weight excluding hydrogens is 372 g/mol. The fraction of sp³-hybridized carbons (Fsp3) is 0.294. The van der Waals surface area contributed by atoms with E-state index in [2.05, 4.69) is 5.10 Å². The van der Waals surface area contributed by atoms with Gasteiger partial charge in [0.1, 0.15) is 5.69 Å². The number of ether oxygens (including phenoxy) is 1. The number of aromatic nitrogens is 2. The summed E-state index contributed by atoms with van der Waals surface area (Å²) in [6.07, 6.45) is 0. The Hall–Kier alpha value is -3.60. The minimum Gasteiger partial charge on any atom is -0.480 e. The normalized spacial score (nSPS) is 16.6. The number of para-hydroxylation sites is 2. The molecule has 1 N–H and O–H groups in total. The van der Waals surface area contributed by atoms with Gasteiger partial charge in [-0.15, -0.1) is 0 Å². The standard InChI is InChI=1S/C17H16N4O7/c1-10-8-14(22)15(16(23)19-6-7-28-9-13(19)17(24)25)18-20(10)11-4-2-3-5-12(11)21(26)27/h2-5,8,13H,6-7,9H2,1H3,(H,24,25). The molecule has 1 fully saturated rings. The first-order chi connectivity index (χ1) is 13.3. The molecule has 1 unspecified atom stereocenters. The lowest BCUT2D eigenvalue weighted by atomic mass is 10.2. The molecule has 11 heteroatoms. The number of benzene rings is 1. The van der Waals surface area contributed by atoms with Crippen molar-refractivity contribution in [2.75, 3.05) is 19.8 Å². The van der Waals surface area contributed by atoms with Crippen LogP contribution in [-0.4, -0.2) is 62.4 Å². The highest BCUT2D eigenvalue weighted by Gasteiger charge is 2.35. The Bertz CT molecular complexity index is 1020. The van der Waals surface area contributed by atoms with Crippen molar-refractivity contribution < 1.29 is 24.4 Å². The number of carboxylic acid groups (broad SMARTS) is 1. The van der Waals surface area contributed by atoms with Crippen molar-refractivity contribution in [3.63, 3.8) is 0 Å². The highest BCUT2D eigenvalue weighted by atomic mass is 16.6. The van der Waals surface area contributed by atoms with E-state index in [-0.39, 0.29) is 36.8 Å². The second-order valence-corrected chi connectivity index (χ2v) is 6.08. The highest BCUT2D eigenvalue weighted by molar-refractivity contribution is 5.95. The van der Waals surface area contributed by atoms with E-state index in [9.17, 15) is 29.6 Å². The van der Waals surface area contributed by atoms with E-state index in [0.29, 0.717) is 0 Å². The third-order valence-electron chi connectivity index (χ3n) is 4.29. The van der Waals surface area contributed by atoms with Crippen LogP contribution in [0, 0.1) is 17.0 Å². The van der Waals surface area contributed by atoms with Crippen LogP contribution in [0.1, 0.15) is 16.2 Å². The van der Waals surface area contributed by atoms with E-state index in [0.717, 1.165) is 15.6 Å². The molecule has 0 aliphatic carbocycles. The molecule has 28 heavy (non-hydrogen) atoms. The van der Waals surface area contributed by atoms with Gasteiger partial charge in [-0.25, -0.2) is 9.48 Å². The summed E-state index contributed by atoms with van der Waals surface area (Å²) in [4.78, 5) is 48.3. The summed E-state index contributed by atoms with van der Waals surface area (Å²) in [5.74, 6) is -2.13. The first kappa shape index (κ1) is 19.2. The van der Waals surface area contributed by atoms with Crippen molar-refractivity contribution >= 4 is 17.6 Å². The Balaban J connectivity index is 2.10. The lowest BCUT2D eigenvalue weighted by Crippen LogP contribution is -2.53. The number of carbonyl (C=O) groups is 2. The first-order valence-electron chi connectivity index (χ1n) is 8.27. The average molecular weight is 388 g/mol. The zero-order valence-electron chi connectivity index (χ0n) is 14.8. The number of rotatable bonds is 4. The van der Waals surface area contributed by atoms with E-state index < -0.39 is 34.0 Å². The van der Waals surface area contributed by atoms with Gasteiger partial charge in [0.15, 0.2) is 11.7 Å². The Morgan fingerprint density at radius 1 is 1.36 bits per heavy atom. The lowest BCUT2D eigenvalue weighted by molar-refractivity contribution is -0.384. The summed E-state index contributed by atoms with van der Waals surface area (Å²) in [5, 5.41) is 24.6. The third kappa shape index (κ3) is 3.47. The fourth-order valence-electron chi connectivity index (χ4n) is 2.92. The molecule has 146 valence electrons. The summed E-state index contributed by atoms with van der Waals surface area (Å²) < 4.78 is 6.22. The SMILES string of the molecule is Cc1cc(=O)c(C(=O)N2CCOCC2C(=O)O)nn1-c1ccccc1[N+](=O)[O-]. The maximum absolute atomic E-state index is 12.8. The molecule has 1 saturated heterocycles. The van der Waals surface area contributed by atoms with Crippen LogP contribution in [0.25, 0.3) is 5.69 Å². The smallest absolute Gasteiger partial charge is 0.328 e. The van der Waals surface area contributed by atoms with Crippen molar-refractivity contribution in [1.29, 1.82) is 0 Å². The van der Waals surface area contributed by atoms with Crippen LogP contribution in [0.5, 0.6) is 0 Å².